The maximum Gasteiger partial charge on any atom is 0.310 e. The molecule has 8 nitrogen and oxygen atoms in total. The minimum Gasteiger partial charge on any atom is -0.452 e. The number of pyridine rings is 1. The van der Waals surface area contributed by atoms with Gasteiger partial charge < -0.3 is 9.64 Å². The van der Waals surface area contributed by atoms with E-state index < -0.39 is 33.3 Å². The maximum absolute atomic E-state index is 14.5. The Labute approximate surface area is 177 Å². The quantitative estimate of drug-likeness (QED) is 0.590. The van der Waals surface area contributed by atoms with E-state index >= 15 is 0 Å². The predicted octanol–water partition coefficient (Wildman–Crippen LogP) is 3.17. The summed E-state index contributed by atoms with van der Waals surface area (Å²) in [5, 5.41) is 0.302. The number of hydrogen-bond acceptors (Lipinski definition) is 6. The lowest BCUT2D eigenvalue weighted by atomic mass is 10.2. The molecule has 1 aliphatic heterocycles. The lowest BCUT2D eigenvalue weighted by Gasteiger charge is -2.22. The van der Waals surface area contributed by atoms with E-state index in [1.807, 2.05) is 4.90 Å². The number of carbonyl (C=O) groups excluding carboxylic acids is 1. The van der Waals surface area contributed by atoms with Crippen LogP contribution in [0.25, 0.3) is 0 Å². The zero-order chi connectivity index (χ0) is 22.1. The number of rotatable bonds is 7. The number of aromatic nitrogens is 1. The first-order valence-corrected chi connectivity index (χ1v) is 10.7. The molecule has 1 saturated heterocycles. The Morgan fingerprint density at radius 3 is 2.40 bits per heavy atom. The molecule has 3 rings (SSSR count). The van der Waals surface area contributed by atoms with Gasteiger partial charge in [-0.25, -0.2) is 13.8 Å². The fourth-order valence-corrected chi connectivity index (χ4v) is 4.06. The number of benzene rings is 1. The molecule has 30 heavy (non-hydrogen) atoms. The van der Waals surface area contributed by atoms with Gasteiger partial charge in [0.15, 0.2) is 17.4 Å². The average Bonchev–Trinajstić information content (AvgIpc) is 3.20. The summed E-state index contributed by atoms with van der Waals surface area (Å²) in [6, 6.07) is 2.64. The molecule has 2 heterocycles. The van der Waals surface area contributed by atoms with Crippen molar-refractivity contribution in [2.45, 2.75) is 12.8 Å². The molecule has 0 spiro atoms. The van der Waals surface area contributed by atoms with Crippen molar-refractivity contribution in [3.63, 3.8) is 0 Å². The van der Waals surface area contributed by atoms with Crippen LogP contribution in [0.2, 0.25) is 5.02 Å². The van der Waals surface area contributed by atoms with Crippen LogP contribution in [0.5, 0.6) is 11.5 Å². The van der Waals surface area contributed by atoms with Crippen LogP contribution < -0.4 is 13.9 Å². The third-order valence-electron chi connectivity index (χ3n) is 4.47. The number of hydrogen-bond donors (Lipinski definition) is 0. The molecule has 1 aromatic heterocycles. The molecule has 162 valence electrons. The van der Waals surface area contributed by atoms with Gasteiger partial charge in [-0.3, -0.25) is 4.79 Å². The Morgan fingerprint density at radius 2 is 1.83 bits per heavy atom. The number of nitrogens with zero attached hydrogens (tertiary/aromatic N) is 4. The van der Waals surface area contributed by atoms with Crippen molar-refractivity contribution in [1.29, 1.82) is 0 Å². The van der Waals surface area contributed by atoms with Gasteiger partial charge in [-0.15, -0.1) is 0 Å². The predicted molar refractivity (Wildman–Crippen MR) is 108 cm³/mol. The highest BCUT2D eigenvalue weighted by atomic mass is 35.5. The van der Waals surface area contributed by atoms with E-state index in [0.29, 0.717) is 27.3 Å². The second kappa shape index (κ2) is 8.70. The molecule has 0 bridgehead atoms. The Kier molecular flexibility index (Phi) is 6.44. The summed E-state index contributed by atoms with van der Waals surface area (Å²) >= 11 is 6.24. The van der Waals surface area contributed by atoms with E-state index in [0.717, 1.165) is 40.0 Å². The maximum atomic E-state index is 14.5. The molecule has 0 aliphatic carbocycles. The van der Waals surface area contributed by atoms with Crippen molar-refractivity contribution in [1.82, 2.24) is 9.29 Å². The summed E-state index contributed by atoms with van der Waals surface area (Å²) in [5.41, 5.74) is -0.774. The van der Waals surface area contributed by atoms with E-state index in [-0.39, 0.29) is 16.5 Å². The van der Waals surface area contributed by atoms with Crippen LogP contribution in [-0.2, 0) is 15.0 Å². The lowest BCUT2D eigenvalue weighted by molar-refractivity contribution is -0.106. The summed E-state index contributed by atoms with van der Waals surface area (Å²) in [5.74, 6) is -2.11. The normalized spacial score (nSPS) is 14.3. The number of amides is 1. The highest BCUT2D eigenvalue weighted by Crippen LogP contribution is 2.34. The first kappa shape index (κ1) is 22.2. The molecule has 1 fully saturated rings. The Morgan fingerprint density at radius 1 is 1.17 bits per heavy atom. The van der Waals surface area contributed by atoms with Gasteiger partial charge in [0.1, 0.15) is 11.6 Å². The number of anilines is 2. The standard InChI is InChI=1S/C18H19ClF2N4O4S/c1-23(2)30(27,28)25(11-26)16-8-15(21)17(9-14(16)20)29-12-7-13(19)18(22-10-12)24-5-3-4-6-24/h7-11H,3-6H2,1-2H3. The monoisotopic (exact) mass is 460 g/mol. The van der Waals surface area contributed by atoms with Gasteiger partial charge in [0, 0.05) is 45.4 Å². The topological polar surface area (TPSA) is 83.0 Å². The van der Waals surface area contributed by atoms with Gasteiger partial charge in [0.05, 0.1) is 16.9 Å². The summed E-state index contributed by atoms with van der Waals surface area (Å²) in [6.07, 6.45) is 3.29. The molecule has 12 heteroatoms. The Balaban J connectivity index is 1.89. The first-order chi connectivity index (χ1) is 14.1. The molecule has 0 atom stereocenters. The second-order valence-electron chi connectivity index (χ2n) is 6.70. The van der Waals surface area contributed by atoms with Crippen LogP contribution in [0.3, 0.4) is 0 Å². The molecule has 0 unspecified atom stereocenters. The summed E-state index contributed by atoms with van der Waals surface area (Å²) < 4.78 is 59.5. The van der Waals surface area contributed by atoms with E-state index in [9.17, 15) is 22.0 Å². The highest BCUT2D eigenvalue weighted by molar-refractivity contribution is 7.91. The smallest absolute Gasteiger partial charge is 0.310 e. The molecule has 0 radical (unpaired) electrons. The molecular weight excluding hydrogens is 442 g/mol. The van der Waals surface area contributed by atoms with Gasteiger partial charge in [0.2, 0.25) is 6.41 Å². The SMILES string of the molecule is CN(C)S(=O)(=O)N(C=O)c1cc(F)c(Oc2cnc(N3CCCC3)c(Cl)c2)cc1F. The second-order valence-corrected chi connectivity index (χ2v) is 9.12. The van der Waals surface area contributed by atoms with Crippen LogP contribution in [-0.4, -0.2) is 51.3 Å². The van der Waals surface area contributed by atoms with Crippen molar-refractivity contribution in [3.05, 3.63) is 41.1 Å². The van der Waals surface area contributed by atoms with E-state index in [1.165, 1.54) is 12.3 Å². The van der Waals surface area contributed by atoms with Crippen molar-refractivity contribution < 1.29 is 26.7 Å². The highest BCUT2D eigenvalue weighted by Gasteiger charge is 2.28. The molecule has 2 aromatic rings. The number of carbonyl (C=O) groups is 1. The Hall–Kier alpha value is -2.50. The number of halogens is 3. The molecule has 1 aliphatic rings. The van der Waals surface area contributed by atoms with Gasteiger partial charge >= 0.3 is 10.2 Å². The zero-order valence-electron chi connectivity index (χ0n) is 16.2. The van der Waals surface area contributed by atoms with Crippen LogP contribution in [0, 0.1) is 11.6 Å². The largest absolute Gasteiger partial charge is 0.452 e. The third kappa shape index (κ3) is 4.32. The minimum atomic E-state index is -4.35. The van der Waals surface area contributed by atoms with Crippen molar-refractivity contribution in [3.8, 4) is 11.5 Å². The van der Waals surface area contributed by atoms with Gasteiger partial charge in [-0.2, -0.15) is 17.0 Å². The van der Waals surface area contributed by atoms with Crippen molar-refractivity contribution in [2.24, 2.45) is 0 Å². The van der Waals surface area contributed by atoms with Crippen LogP contribution in [0.4, 0.5) is 20.3 Å². The molecule has 1 amide bonds. The molecule has 0 saturated carbocycles. The first-order valence-electron chi connectivity index (χ1n) is 8.89. The fraction of sp³-hybridized carbons (Fsp3) is 0.333. The number of ether oxygens (including phenoxy) is 1. The average molecular weight is 461 g/mol. The summed E-state index contributed by atoms with van der Waals surface area (Å²) in [4.78, 5) is 17.5. The van der Waals surface area contributed by atoms with E-state index in [1.54, 1.807) is 0 Å². The van der Waals surface area contributed by atoms with Gasteiger partial charge in [-0.1, -0.05) is 11.6 Å². The van der Waals surface area contributed by atoms with Crippen molar-refractivity contribution >= 4 is 39.7 Å². The van der Waals surface area contributed by atoms with E-state index in [4.69, 9.17) is 16.3 Å². The fourth-order valence-electron chi connectivity index (χ4n) is 2.93. The lowest BCUT2D eigenvalue weighted by Crippen LogP contribution is -2.39. The van der Waals surface area contributed by atoms with E-state index in [2.05, 4.69) is 4.98 Å². The third-order valence-corrected chi connectivity index (χ3v) is 6.46. The molecule has 0 N–H and O–H groups in total. The summed E-state index contributed by atoms with van der Waals surface area (Å²) in [6.45, 7) is 1.66. The Bertz CT molecular complexity index is 1060. The van der Waals surface area contributed by atoms with Crippen LogP contribution in [0.1, 0.15) is 12.8 Å². The van der Waals surface area contributed by atoms with Gasteiger partial charge in [-0.05, 0) is 12.8 Å². The zero-order valence-corrected chi connectivity index (χ0v) is 17.8. The van der Waals surface area contributed by atoms with Crippen molar-refractivity contribution in [2.75, 3.05) is 36.4 Å². The molecule has 1 aromatic carbocycles. The van der Waals surface area contributed by atoms with Crippen LogP contribution in [0.15, 0.2) is 24.4 Å². The summed E-state index contributed by atoms with van der Waals surface area (Å²) in [7, 11) is -2.05. The van der Waals surface area contributed by atoms with Gasteiger partial charge in [0.25, 0.3) is 0 Å². The molecular formula is C18H19ClF2N4O4S. The van der Waals surface area contributed by atoms with Crippen LogP contribution >= 0.6 is 11.6 Å². The minimum absolute atomic E-state index is 0.0714.